The summed E-state index contributed by atoms with van der Waals surface area (Å²) in [6.45, 7) is 1.23. The van der Waals surface area contributed by atoms with Crippen LogP contribution in [0.5, 0.6) is 0 Å². The minimum absolute atomic E-state index is 0.0117. The Morgan fingerprint density at radius 3 is 2.68 bits per heavy atom. The average molecular weight is 330 g/mol. The van der Waals surface area contributed by atoms with Crippen molar-refractivity contribution < 1.29 is 19.1 Å². The van der Waals surface area contributed by atoms with Crippen molar-refractivity contribution in [1.82, 2.24) is 10.2 Å². The molecule has 1 aromatic carbocycles. The van der Waals surface area contributed by atoms with Gasteiger partial charge in [-0.05, 0) is 25.0 Å². The Bertz CT molecular complexity index is 562. The molecule has 1 aliphatic heterocycles. The normalized spacial score (nSPS) is 16.3. The molecule has 0 aromatic heterocycles. The highest BCUT2D eigenvalue weighted by molar-refractivity contribution is 6.33. The number of carboxylic acids is 1. The zero-order valence-corrected chi connectivity index (χ0v) is 12.6. The number of piperidine rings is 1. The van der Waals surface area contributed by atoms with Gasteiger partial charge in [0.15, 0.2) is 0 Å². The van der Waals surface area contributed by atoms with Crippen molar-refractivity contribution >= 4 is 29.3 Å². The van der Waals surface area contributed by atoms with Crippen LogP contribution in [-0.4, -0.2) is 47.7 Å². The lowest BCUT2D eigenvalue weighted by Gasteiger charge is -2.31. The van der Waals surface area contributed by atoms with Crippen LogP contribution >= 0.6 is 11.6 Å². The van der Waals surface area contributed by atoms with Crippen LogP contribution in [0.1, 0.15) is 12.8 Å². The van der Waals surface area contributed by atoms with Crippen molar-refractivity contribution in [2.24, 2.45) is 0 Å². The first-order valence-corrected chi connectivity index (χ1v) is 7.29. The number of amides is 2. The van der Waals surface area contributed by atoms with Crippen molar-refractivity contribution in [2.75, 3.05) is 25.0 Å². The Labute approximate surface area is 132 Å². The number of hydrogen-bond donors (Lipinski definition) is 3. The van der Waals surface area contributed by atoms with Crippen LogP contribution in [0.2, 0.25) is 5.02 Å². The van der Waals surface area contributed by atoms with E-state index >= 15 is 0 Å². The van der Waals surface area contributed by atoms with Gasteiger partial charge in [-0.15, -0.1) is 0 Å². The minimum Gasteiger partial charge on any atom is -0.480 e. The van der Waals surface area contributed by atoms with E-state index < -0.39 is 17.8 Å². The molecule has 2 amide bonds. The van der Waals surface area contributed by atoms with Crippen molar-refractivity contribution in [3.63, 3.8) is 0 Å². The molecule has 6 nitrogen and oxygen atoms in total. The second-order valence-electron chi connectivity index (χ2n) is 5.14. The second kappa shape index (κ2) is 7.42. The van der Waals surface area contributed by atoms with Gasteiger partial charge in [0, 0.05) is 19.1 Å². The quantitative estimate of drug-likeness (QED) is 0.790. The number of rotatable bonds is 4. The highest BCUT2D eigenvalue weighted by Crippen LogP contribution is 2.24. The number of nitrogens with zero attached hydrogens (tertiary/aromatic N) is 1. The summed E-state index contributed by atoms with van der Waals surface area (Å²) in [5.41, 5.74) is 0.211. The highest BCUT2D eigenvalue weighted by atomic mass is 35.5. The molecule has 0 aliphatic carbocycles. The number of hydrogen-bond acceptors (Lipinski definition) is 3. The number of urea groups is 1. The third-order valence-corrected chi connectivity index (χ3v) is 3.87. The minimum atomic E-state index is -0.857. The Morgan fingerprint density at radius 2 is 2.05 bits per heavy atom. The van der Waals surface area contributed by atoms with Crippen LogP contribution in [-0.2, 0) is 4.79 Å². The third kappa shape index (κ3) is 4.57. The molecule has 8 heteroatoms. The summed E-state index contributed by atoms with van der Waals surface area (Å²) in [6.07, 6.45) is 1.33. The van der Waals surface area contributed by atoms with E-state index in [4.69, 9.17) is 16.7 Å². The summed E-state index contributed by atoms with van der Waals surface area (Å²) in [6, 6.07) is 3.69. The van der Waals surface area contributed by atoms with Gasteiger partial charge in [-0.2, -0.15) is 0 Å². The zero-order valence-electron chi connectivity index (χ0n) is 11.8. The SMILES string of the molecule is O=C(O)CN1CCC(NC(=O)Nc2cccc(F)c2Cl)CC1. The molecule has 22 heavy (non-hydrogen) atoms. The van der Waals surface area contributed by atoms with Crippen molar-refractivity contribution in [1.29, 1.82) is 0 Å². The van der Waals surface area contributed by atoms with Gasteiger partial charge in [0.25, 0.3) is 0 Å². The molecule has 0 bridgehead atoms. The standard InChI is InChI=1S/C14H17ClFN3O3/c15-13-10(16)2-1-3-11(13)18-14(22)17-9-4-6-19(7-5-9)8-12(20)21/h1-3,9H,4-8H2,(H,20,21)(H2,17,18,22). The van der Waals surface area contributed by atoms with Crippen molar-refractivity contribution in [3.05, 3.63) is 29.0 Å². The molecule has 1 aromatic rings. The predicted octanol–water partition coefficient (Wildman–Crippen LogP) is 2.15. The van der Waals surface area contributed by atoms with Crippen molar-refractivity contribution in [2.45, 2.75) is 18.9 Å². The smallest absolute Gasteiger partial charge is 0.319 e. The fraction of sp³-hybridized carbons (Fsp3) is 0.429. The van der Waals surface area contributed by atoms with Crippen LogP contribution in [0.15, 0.2) is 18.2 Å². The predicted molar refractivity (Wildman–Crippen MR) is 80.7 cm³/mol. The first-order valence-electron chi connectivity index (χ1n) is 6.91. The van der Waals surface area contributed by atoms with Gasteiger partial charge in [0.1, 0.15) is 5.82 Å². The van der Waals surface area contributed by atoms with Gasteiger partial charge >= 0.3 is 12.0 Å². The van der Waals surface area contributed by atoms with Crippen LogP contribution in [0.3, 0.4) is 0 Å². The number of carbonyl (C=O) groups is 2. The molecular formula is C14H17ClFN3O3. The molecule has 0 saturated carbocycles. The Hall–Kier alpha value is -1.86. The lowest BCUT2D eigenvalue weighted by Crippen LogP contribution is -2.47. The largest absolute Gasteiger partial charge is 0.480 e. The Balaban J connectivity index is 1.81. The topological polar surface area (TPSA) is 81.7 Å². The van der Waals surface area contributed by atoms with Gasteiger partial charge in [0.05, 0.1) is 17.3 Å². The summed E-state index contributed by atoms with van der Waals surface area (Å²) in [5, 5.41) is 13.9. The van der Waals surface area contributed by atoms with Gasteiger partial charge in [0.2, 0.25) is 0 Å². The third-order valence-electron chi connectivity index (χ3n) is 3.48. The van der Waals surface area contributed by atoms with Crippen molar-refractivity contribution in [3.8, 4) is 0 Å². The number of nitrogens with one attached hydrogen (secondary N) is 2. The number of halogens is 2. The van der Waals surface area contributed by atoms with Crippen LogP contribution < -0.4 is 10.6 Å². The van der Waals surface area contributed by atoms with Crippen LogP contribution in [0, 0.1) is 5.82 Å². The lowest BCUT2D eigenvalue weighted by atomic mass is 10.1. The first-order chi connectivity index (χ1) is 10.5. The van der Waals surface area contributed by atoms with E-state index in [0.717, 1.165) is 0 Å². The molecule has 1 aliphatic rings. The van der Waals surface area contributed by atoms with E-state index in [9.17, 15) is 14.0 Å². The van der Waals surface area contributed by atoms with Gasteiger partial charge in [-0.3, -0.25) is 9.69 Å². The zero-order chi connectivity index (χ0) is 16.1. The molecule has 1 fully saturated rings. The molecular weight excluding hydrogens is 313 g/mol. The summed E-state index contributed by atoms with van der Waals surface area (Å²) in [5.74, 6) is -1.45. The molecule has 2 rings (SSSR count). The average Bonchev–Trinajstić information content (AvgIpc) is 2.45. The van der Waals surface area contributed by atoms with E-state index in [0.29, 0.717) is 25.9 Å². The Morgan fingerprint density at radius 1 is 1.36 bits per heavy atom. The number of likely N-dealkylation sites (tertiary alicyclic amines) is 1. The first kappa shape index (κ1) is 16.5. The Kier molecular flexibility index (Phi) is 5.57. The monoisotopic (exact) mass is 329 g/mol. The van der Waals surface area contributed by atoms with E-state index in [1.165, 1.54) is 18.2 Å². The number of benzene rings is 1. The summed E-state index contributed by atoms with van der Waals surface area (Å²) in [4.78, 5) is 24.3. The molecule has 1 heterocycles. The molecule has 0 spiro atoms. The maximum atomic E-state index is 13.3. The fourth-order valence-corrected chi connectivity index (χ4v) is 2.54. The number of aliphatic carboxylic acids is 1. The lowest BCUT2D eigenvalue weighted by molar-refractivity contribution is -0.138. The molecule has 1 saturated heterocycles. The fourth-order valence-electron chi connectivity index (χ4n) is 2.37. The maximum Gasteiger partial charge on any atom is 0.319 e. The summed E-state index contributed by atoms with van der Waals surface area (Å²) < 4.78 is 13.3. The number of carbonyl (C=O) groups excluding carboxylic acids is 1. The summed E-state index contributed by atoms with van der Waals surface area (Å²) in [7, 11) is 0. The second-order valence-corrected chi connectivity index (χ2v) is 5.52. The van der Waals surface area contributed by atoms with Gasteiger partial charge in [-0.1, -0.05) is 17.7 Å². The summed E-state index contributed by atoms with van der Waals surface area (Å²) >= 11 is 5.77. The van der Waals surface area contributed by atoms with E-state index in [1.807, 2.05) is 4.90 Å². The van der Waals surface area contributed by atoms with Gasteiger partial charge < -0.3 is 15.7 Å². The molecule has 0 atom stereocenters. The van der Waals surface area contributed by atoms with E-state index in [-0.39, 0.29) is 23.3 Å². The van der Waals surface area contributed by atoms with Gasteiger partial charge in [-0.25, -0.2) is 9.18 Å². The van der Waals surface area contributed by atoms with E-state index in [2.05, 4.69) is 10.6 Å². The van der Waals surface area contributed by atoms with E-state index in [1.54, 1.807) is 0 Å². The highest BCUT2D eigenvalue weighted by Gasteiger charge is 2.22. The van der Waals surface area contributed by atoms with Crippen LogP contribution in [0.4, 0.5) is 14.9 Å². The molecule has 0 unspecified atom stereocenters. The molecule has 0 radical (unpaired) electrons. The molecule has 3 N–H and O–H groups in total. The number of carboxylic acid groups (broad SMARTS) is 1. The maximum absolute atomic E-state index is 13.3. The molecule has 120 valence electrons. The number of anilines is 1. The van der Waals surface area contributed by atoms with Crippen LogP contribution in [0.25, 0.3) is 0 Å².